The van der Waals surface area contributed by atoms with Crippen molar-refractivity contribution in [1.82, 2.24) is 0 Å². The number of ether oxygens (including phenoxy) is 1. The number of fused-ring (bicyclic) bond motifs is 2. The molecule has 20 heavy (non-hydrogen) atoms. The van der Waals surface area contributed by atoms with Crippen LogP contribution in [0.1, 0.15) is 51.9 Å². The fourth-order valence-electron chi connectivity index (χ4n) is 4.63. The van der Waals surface area contributed by atoms with Gasteiger partial charge in [0.2, 0.25) is 0 Å². The Kier molecular flexibility index (Phi) is 3.70. The summed E-state index contributed by atoms with van der Waals surface area (Å²) in [5, 5.41) is 0. The molecule has 2 saturated carbocycles. The van der Waals surface area contributed by atoms with Gasteiger partial charge in [-0.25, -0.2) is 0 Å². The molecular weight excluding hydrogens is 252 g/mol. The second-order valence-electron chi connectivity index (χ2n) is 6.98. The van der Waals surface area contributed by atoms with Gasteiger partial charge in [-0.2, -0.15) is 0 Å². The Morgan fingerprint density at radius 2 is 2.10 bits per heavy atom. The van der Waals surface area contributed by atoms with Gasteiger partial charge in [-0.1, -0.05) is 6.58 Å². The van der Waals surface area contributed by atoms with Crippen molar-refractivity contribution in [3.63, 3.8) is 0 Å². The lowest BCUT2D eigenvalue weighted by Gasteiger charge is -2.29. The lowest BCUT2D eigenvalue weighted by atomic mass is 9.75. The quantitative estimate of drug-likeness (QED) is 0.571. The van der Waals surface area contributed by atoms with Crippen LogP contribution in [0.25, 0.3) is 0 Å². The molecule has 1 saturated heterocycles. The molecule has 1 heterocycles. The van der Waals surface area contributed by atoms with E-state index in [1.54, 1.807) is 0 Å². The molecule has 110 valence electrons. The molecular formula is C17H24O3. The minimum Gasteiger partial charge on any atom is -0.462 e. The number of carbonyl (C=O) groups is 2. The van der Waals surface area contributed by atoms with E-state index in [4.69, 9.17) is 4.74 Å². The Morgan fingerprint density at radius 3 is 2.70 bits per heavy atom. The Morgan fingerprint density at radius 1 is 1.30 bits per heavy atom. The van der Waals surface area contributed by atoms with Gasteiger partial charge < -0.3 is 4.74 Å². The van der Waals surface area contributed by atoms with Gasteiger partial charge in [0.1, 0.15) is 6.10 Å². The Bertz CT molecular complexity index is 440. The van der Waals surface area contributed by atoms with Crippen LogP contribution in [0.2, 0.25) is 0 Å². The molecule has 0 aromatic heterocycles. The van der Waals surface area contributed by atoms with Crippen LogP contribution in [-0.2, 0) is 14.3 Å². The third kappa shape index (κ3) is 2.55. The second-order valence-corrected chi connectivity index (χ2v) is 6.98. The summed E-state index contributed by atoms with van der Waals surface area (Å²) in [6.07, 6.45) is 7.26. The van der Waals surface area contributed by atoms with Crippen molar-refractivity contribution in [2.24, 2.45) is 23.7 Å². The lowest BCUT2D eigenvalue weighted by molar-refractivity contribution is -0.141. The smallest absolute Gasteiger partial charge is 0.306 e. The fraction of sp³-hybridized carbons (Fsp3) is 0.765. The first-order valence-corrected chi connectivity index (χ1v) is 7.93. The molecule has 2 bridgehead atoms. The predicted octanol–water partition coefficient (Wildman–Crippen LogP) is 3.28. The van der Waals surface area contributed by atoms with E-state index in [0.717, 1.165) is 31.6 Å². The Balaban J connectivity index is 1.55. The summed E-state index contributed by atoms with van der Waals surface area (Å²) < 4.78 is 5.29. The van der Waals surface area contributed by atoms with Crippen molar-refractivity contribution in [2.75, 3.05) is 0 Å². The van der Waals surface area contributed by atoms with Crippen LogP contribution in [0.15, 0.2) is 12.2 Å². The molecule has 5 unspecified atom stereocenters. The summed E-state index contributed by atoms with van der Waals surface area (Å²) in [5.74, 6) is 2.42. The number of ketones is 1. The van der Waals surface area contributed by atoms with E-state index in [1.165, 1.54) is 12.8 Å². The second kappa shape index (κ2) is 5.34. The zero-order valence-corrected chi connectivity index (χ0v) is 12.3. The number of esters is 1. The standard InChI is InChI=1S/C17H24O3/c1-10(2)17(19)15-9-11-7-12(14(15)8-11)3-4-13-5-6-16(18)20-13/h11-15H,1,3-9H2,2H3. The Labute approximate surface area is 120 Å². The van der Waals surface area contributed by atoms with Crippen LogP contribution in [-0.4, -0.2) is 17.9 Å². The van der Waals surface area contributed by atoms with E-state index < -0.39 is 0 Å². The highest BCUT2D eigenvalue weighted by Crippen LogP contribution is 2.54. The largest absolute Gasteiger partial charge is 0.462 e. The summed E-state index contributed by atoms with van der Waals surface area (Å²) in [6.45, 7) is 5.65. The highest BCUT2D eigenvalue weighted by atomic mass is 16.5. The van der Waals surface area contributed by atoms with Gasteiger partial charge in [-0.15, -0.1) is 0 Å². The van der Waals surface area contributed by atoms with E-state index >= 15 is 0 Å². The van der Waals surface area contributed by atoms with Gasteiger partial charge in [0.25, 0.3) is 0 Å². The number of hydrogen-bond donors (Lipinski definition) is 0. The summed E-state index contributed by atoms with van der Waals surface area (Å²) in [6, 6.07) is 0. The van der Waals surface area contributed by atoms with Crippen molar-refractivity contribution in [1.29, 1.82) is 0 Å². The number of cyclic esters (lactones) is 1. The number of carbonyl (C=O) groups excluding carboxylic acids is 2. The first-order chi connectivity index (χ1) is 9.54. The molecule has 0 aromatic rings. The van der Waals surface area contributed by atoms with Gasteiger partial charge in [0.15, 0.2) is 5.78 Å². The number of allylic oxidation sites excluding steroid dienone is 1. The highest BCUT2D eigenvalue weighted by Gasteiger charge is 2.48. The van der Waals surface area contributed by atoms with Crippen LogP contribution in [0.3, 0.4) is 0 Å². The highest BCUT2D eigenvalue weighted by molar-refractivity contribution is 5.96. The SMILES string of the molecule is C=C(C)C(=O)C1CC2CC(CCC3CCC(=O)O3)C1C2. The molecule has 0 amide bonds. The predicted molar refractivity (Wildman–Crippen MR) is 76.0 cm³/mol. The van der Waals surface area contributed by atoms with Crippen LogP contribution in [0.4, 0.5) is 0 Å². The molecule has 2 aliphatic carbocycles. The van der Waals surface area contributed by atoms with Crippen LogP contribution in [0.5, 0.6) is 0 Å². The minimum absolute atomic E-state index is 0.0433. The molecule has 3 fully saturated rings. The zero-order valence-electron chi connectivity index (χ0n) is 12.3. The van der Waals surface area contributed by atoms with E-state index in [1.807, 2.05) is 6.92 Å². The first kappa shape index (κ1) is 13.8. The van der Waals surface area contributed by atoms with E-state index in [9.17, 15) is 9.59 Å². The van der Waals surface area contributed by atoms with Gasteiger partial charge >= 0.3 is 5.97 Å². The normalized spacial score (nSPS) is 39.0. The van der Waals surface area contributed by atoms with Gasteiger partial charge in [-0.3, -0.25) is 9.59 Å². The lowest BCUT2D eigenvalue weighted by Crippen LogP contribution is -2.28. The van der Waals surface area contributed by atoms with E-state index in [0.29, 0.717) is 23.8 Å². The van der Waals surface area contributed by atoms with Crippen molar-refractivity contribution in [3.8, 4) is 0 Å². The fourth-order valence-corrected chi connectivity index (χ4v) is 4.63. The molecule has 1 aliphatic heterocycles. The summed E-state index contributed by atoms with van der Waals surface area (Å²) >= 11 is 0. The van der Waals surface area contributed by atoms with Gasteiger partial charge in [0, 0.05) is 12.3 Å². The molecule has 0 spiro atoms. The third-order valence-electron chi connectivity index (χ3n) is 5.54. The topological polar surface area (TPSA) is 43.4 Å². The van der Waals surface area contributed by atoms with Crippen molar-refractivity contribution < 1.29 is 14.3 Å². The molecule has 3 aliphatic rings. The van der Waals surface area contributed by atoms with Gasteiger partial charge in [0.05, 0.1) is 0 Å². The number of rotatable bonds is 5. The number of Topliss-reactive ketones (excluding diaryl/α,β-unsaturated/α-hetero) is 1. The molecule has 3 nitrogen and oxygen atoms in total. The van der Waals surface area contributed by atoms with Crippen molar-refractivity contribution in [2.45, 2.75) is 58.0 Å². The molecule has 0 radical (unpaired) electrons. The number of hydrogen-bond acceptors (Lipinski definition) is 3. The van der Waals surface area contributed by atoms with Crippen molar-refractivity contribution in [3.05, 3.63) is 12.2 Å². The maximum absolute atomic E-state index is 12.2. The summed E-state index contributed by atoms with van der Waals surface area (Å²) in [7, 11) is 0. The first-order valence-electron chi connectivity index (χ1n) is 7.93. The zero-order chi connectivity index (χ0) is 14.3. The molecule has 3 rings (SSSR count). The molecule has 0 aromatic carbocycles. The molecule has 5 atom stereocenters. The van der Waals surface area contributed by atoms with E-state index in [2.05, 4.69) is 6.58 Å². The van der Waals surface area contributed by atoms with Crippen LogP contribution in [0, 0.1) is 23.7 Å². The maximum Gasteiger partial charge on any atom is 0.306 e. The average Bonchev–Trinajstić information content (AvgIpc) is 3.09. The average molecular weight is 276 g/mol. The summed E-state index contributed by atoms with van der Waals surface area (Å²) in [4.78, 5) is 23.3. The van der Waals surface area contributed by atoms with Crippen molar-refractivity contribution >= 4 is 11.8 Å². The van der Waals surface area contributed by atoms with E-state index in [-0.39, 0.29) is 23.8 Å². The maximum atomic E-state index is 12.2. The minimum atomic E-state index is -0.0433. The Hall–Kier alpha value is -1.12. The van der Waals surface area contributed by atoms with Gasteiger partial charge in [-0.05, 0) is 68.8 Å². The van der Waals surface area contributed by atoms with Crippen LogP contribution < -0.4 is 0 Å². The molecule has 3 heteroatoms. The summed E-state index contributed by atoms with van der Waals surface area (Å²) in [5.41, 5.74) is 0.714. The van der Waals surface area contributed by atoms with Crippen LogP contribution >= 0.6 is 0 Å². The monoisotopic (exact) mass is 276 g/mol. The molecule has 0 N–H and O–H groups in total. The third-order valence-corrected chi connectivity index (χ3v) is 5.54.